The maximum atomic E-state index is 11.7. The molecule has 0 saturated heterocycles. The van der Waals surface area contributed by atoms with E-state index >= 15 is 0 Å². The molecular weight excluding hydrogens is 976 g/mol. The van der Waals surface area contributed by atoms with Crippen LogP contribution in [0.3, 0.4) is 0 Å². The molecule has 0 N–H and O–H groups in total. The number of rotatable bonds is 40. The third-order valence-corrected chi connectivity index (χ3v) is 49.3. The second-order valence-corrected chi connectivity index (χ2v) is 57.5. The Hall–Kier alpha value is 1.39. The lowest BCUT2D eigenvalue weighted by atomic mass is 10.1. The van der Waals surface area contributed by atoms with Gasteiger partial charge in [-0.1, -0.05) is 104 Å². The lowest BCUT2D eigenvalue weighted by Gasteiger charge is -2.44. The first-order valence-corrected chi connectivity index (χ1v) is 51.0. The van der Waals surface area contributed by atoms with Crippen molar-refractivity contribution in [2.24, 2.45) is 0 Å². The molecule has 0 heterocycles. The van der Waals surface area contributed by atoms with Gasteiger partial charge in [-0.3, -0.25) is 0 Å². The Morgan fingerprint density at radius 2 is 0.656 bits per heavy atom. The van der Waals surface area contributed by atoms with E-state index in [2.05, 4.69) is 106 Å². The molecule has 0 rings (SSSR count). The van der Waals surface area contributed by atoms with Crippen molar-refractivity contribution in [2.45, 2.75) is 241 Å². The van der Waals surface area contributed by atoms with Crippen molar-refractivity contribution < 1.29 is 50.7 Å². The molecule has 0 aromatic heterocycles. The van der Waals surface area contributed by atoms with Crippen LogP contribution in [0.25, 0.3) is 0 Å². The average molecular weight is 1080 g/mol. The van der Waals surface area contributed by atoms with Crippen LogP contribution in [-0.4, -0.2) is 104 Å². The Kier molecular flexibility index (Phi) is 33.4. The van der Waals surface area contributed by atoms with Gasteiger partial charge in [0.1, 0.15) is 6.23 Å². The molecule has 0 aliphatic carbocycles. The van der Waals surface area contributed by atoms with E-state index in [0.717, 1.165) is 0 Å². The summed E-state index contributed by atoms with van der Waals surface area (Å²) in [6.07, 6.45) is 30.5. The van der Waals surface area contributed by atoms with Gasteiger partial charge in [-0.2, -0.15) is 0 Å². The number of esters is 1. The van der Waals surface area contributed by atoms with Crippen LogP contribution in [0.2, 0.25) is 105 Å². The third-order valence-electron chi connectivity index (χ3n) is 10.9. The zero-order chi connectivity index (χ0) is 48.7. The van der Waals surface area contributed by atoms with E-state index in [0.29, 0.717) is 0 Å². The third kappa shape index (κ3) is 34.6. The van der Waals surface area contributed by atoms with E-state index in [1.54, 1.807) is 0 Å². The molecule has 64 heavy (non-hydrogen) atoms. The first-order valence-electron chi connectivity index (χ1n) is 25.3. The van der Waals surface area contributed by atoms with Gasteiger partial charge >= 0.3 is 57.3 Å². The fourth-order valence-corrected chi connectivity index (χ4v) is 60.7. The zero-order valence-corrected chi connectivity index (χ0v) is 55.2. The van der Waals surface area contributed by atoms with Crippen LogP contribution in [0.5, 0.6) is 0 Å². The highest BCUT2D eigenvalue weighted by molar-refractivity contribution is 7.77. The van der Waals surface area contributed by atoms with Crippen LogP contribution in [0, 0.1) is 0 Å². The highest BCUT2D eigenvalue weighted by atomic mass is 35.5. The maximum absolute atomic E-state index is 11.7. The van der Waals surface area contributed by atoms with Gasteiger partial charge in [0.15, 0.2) is 0 Å². The summed E-state index contributed by atoms with van der Waals surface area (Å²) >= 11 is 0. The van der Waals surface area contributed by atoms with E-state index in [1.807, 2.05) is 26.2 Å². The number of carbonyl (C=O) groups is 1. The highest BCUT2D eigenvalue weighted by Crippen LogP contribution is 2.62. The van der Waals surface area contributed by atoms with Gasteiger partial charge in [0.05, 0.1) is 24.3 Å². The minimum atomic E-state index is -2.73. The van der Waals surface area contributed by atoms with Crippen molar-refractivity contribution in [2.75, 3.05) is 30.5 Å². The van der Waals surface area contributed by atoms with Gasteiger partial charge < -0.3 is 45.9 Å². The van der Waals surface area contributed by atoms with E-state index in [-0.39, 0.29) is 18.6 Å². The van der Waals surface area contributed by atoms with Crippen LogP contribution in [0.1, 0.15) is 136 Å². The van der Waals surface area contributed by atoms with Crippen molar-refractivity contribution in [3.8, 4) is 0 Å². The maximum Gasteiger partial charge on any atom is 0.329 e. The molecule has 0 aliphatic heterocycles. The predicted molar refractivity (Wildman–Crippen MR) is 295 cm³/mol. The number of halogens is 1. The molecule has 0 spiro atoms. The number of unbranched alkanes of at least 4 members (excludes halogenated alkanes) is 15. The Labute approximate surface area is 413 Å². The van der Waals surface area contributed by atoms with Crippen LogP contribution in [-0.2, 0) is 38.3 Å². The minimum absolute atomic E-state index is 0. The van der Waals surface area contributed by atoms with Crippen molar-refractivity contribution in [1.82, 2.24) is 0 Å². The summed E-state index contributed by atoms with van der Waals surface area (Å²) in [5.74, 6) is 0.892. The summed E-state index contributed by atoms with van der Waals surface area (Å²) in [4.78, 5) is 11.7. The molecule has 0 aliphatic rings. The fourth-order valence-electron chi connectivity index (χ4n) is 9.84. The SMILES string of the molecule is C=CC(=O)OC[Si](C)(C)O[Si](C)(C)O[Si](C)(C)O[Si](C)(C)O[Si](C)(C)O[Si](C)(C)O[Si](C)(C)O[Si](C)(C)C[P+](CCCCCCCC)(CCCCCCCC)CCCCCCCC.[Cl-]. The van der Waals surface area contributed by atoms with Gasteiger partial charge in [-0.05, 0) is 143 Å². The molecule has 0 unspecified atom stereocenters. The number of carbonyl (C=O) groups excluding carboxylic acids is 1. The quantitative estimate of drug-likeness (QED) is 0.0196. The number of hydrogen-bond donors (Lipinski definition) is 0. The topological polar surface area (TPSA) is 90.9 Å². The Balaban J connectivity index is 0. The van der Waals surface area contributed by atoms with E-state index in [4.69, 9.17) is 33.5 Å². The molecule has 0 atom stereocenters. The van der Waals surface area contributed by atoms with Crippen LogP contribution in [0.15, 0.2) is 12.7 Å². The fraction of sp³-hybridized carbons (Fsp3) is 0.933. The van der Waals surface area contributed by atoms with Crippen LogP contribution >= 0.6 is 7.26 Å². The minimum Gasteiger partial charge on any atom is -1.00 e. The van der Waals surface area contributed by atoms with Crippen LogP contribution in [0.4, 0.5) is 0 Å². The Morgan fingerprint density at radius 1 is 0.406 bits per heavy atom. The van der Waals surface area contributed by atoms with E-state index < -0.39 is 81.2 Å². The summed E-state index contributed by atoms with van der Waals surface area (Å²) in [7, 11) is -21.7. The second kappa shape index (κ2) is 31.7. The number of hydrogen-bond acceptors (Lipinski definition) is 9. The summed E-state index contributed by atoms with van der Waals surface area (Å²) in [6.45, 7) is 45.1. The first-order chi connectivity index (χ1) is 28.8. The molecule has 0 amide bonds. The lowest BCUT2D eigenvalue weighted by Crippen LogP contribution is -3.00. The van der Waals surface area contributed by atoms with Crippen molar-refractivity contribution >= 4 is 81.2 Å². The van der Waals surface area contributed by atoms with Gasteiger partial charge in [-0.25, -0.2) is 4.79 Å². The summed E-state index contributed by atoms with van der Waals surface area (Å²) in [5, 5.41) is 0. The smallest absolute Gasteiger partial charge is 0.329 e. The molecule has 19 heteroatoms. The van der Waals surface area contributed by atoms with Gasteiger partial charge in [0, 0.05) is 13.3 Å². The first kappa shape index (κ1) is 67.5. The Bertz CT molecular complexity index is 1240. The summed E-state index contributed by atoms with van der Waals surface area (Å²) in [5.41, 5.74) is 0. The molecule has 0 aromatic rings. The second-order valence-electron chi connectivity index (χ2n) is 22.4. The lowest BCUT2D eigenvalue weighted by molar-refractivity contribution is -0.136. The average Bonchev–Trinajstić information content (AvgIpc) is 3.07. The molecule has 0 fully saturated rings. The zero-order valence-electron chi connectivity index (χ0n) is 45.5. The summed E-state index contributed by atoms with van der Waals surface area (Å²) < 4.78 is 54.0. The van der Waals surface area contributed by atoms with E-state index in [1.165, 1.54) is 146 Å². The largest absolute Gasteiger partial charge is 1.00 e. The number of ether oxygens (including phenoxy) is 1. The normalized spacial score (nSPS) is 13.9. The standard InChI is InChI=1S/C45H106O9PSi8.ClH/c1-21-25-28-31-34-37-40-55(41-38-35-32-29-26-22-2,42-39-36-33-30-27-23-3)44-57(7,8)49-59(11,12)51-61(15,16)53-63(19,20)54-62(17,18)52-60(13,14)50-58(9,10)48-56(5,6)43-47-45(46)24-4;/h24H,4,21-23,25-44H2,1-3,5-20H3;1H/q+1;/p-1. The van der Waals surface area contributed by atoms with Crippen molar-refractivity contribution in [3.63, 3.8) is 0 Å². The molecule has 0 aromatic carbocycles. The van der Waals surface area contributed by atoms with Crippen molar-refractivity contribution in [1.29, 1.82) is 0 Å². The van der Waals surface area contributed by atoms with Crippen LogP contribution < -0.4 is 12.4 Å². The molecule has 0 bridgehead atoms. The van der Waals surface area contributed by atoms with E-state index in [9.17, 15) is 4.79 Å². The monoisotopic (exact) mass is 1080 g/mol. The molecule has 0 saturated carbocycles. The molecular formula is C45H106ClO9PSi8. The van der Waals surface area contributed by atoms with Crippen molar-refractivity contribution in [3.05, 3.63) is 12.7 Å². The highest BCUT2D eigenvalue weighted by Gasteiger charge is 2.51. The van der Waals surface area contributed by atoms with Gasteiger partial charge in [0.25, 0.3) is 0 Å². The summed E-state index contributed by atoms with van der Waals surface area (Å²) in [6, 6.07) is 0. The molecule has 0 radical (unpaired) electrons. The van der Waals surface area contributed by atoms with Gasteiger partial charge in [-0.15, -0.1) is 0 Å². The Morgan fingerprint density at radius 3 is 0.938 bits per heavy atom. The molecule has 384 valence electrons. The van der Waals surface area contributed by atoms with Gasteiger partial charge in [0.2, 0.25) is 16.6 Å². The predicted octanol–water partition coefficient (Wildman–Crippen LogP) is 12.6. The molecule has 9 nitrogen and oxygen atoms in total.